The molecule has 1 spiro atoms. The van der Waals surface area contributed by atoms with E-state index in [-0.39, 0.29) is 17.6 Å². The van der Waals surface area contributed by atoms with Gasteiger partial charge in [0, 0.05) is 36.9 Å². The molecule has 6 nitrogen and oxygen atoms in total. The third-order valence-corrected chi connectivity index (χ3v) is 7.30. The Morgan fingerprint density at radius 1 is 1.15 bits per heavy atom. The topological polar surface area (TPSA) is 54.8 Å². The Bertz CT molecular complexity index is 1090. The van der Waals surface area contributed by atoms with E-state index in [1.807, 2.05) is 14.0 Å². The summed E-state index contributed by atoms with van der Waals surface area (Å²) in [4.78, 5) is 28.9. The van der Waals surface area contributed by atoms with E-state index in [4.69, 9.17) is 16.3 Å². The maximum atomic E-state index is 13.1. The predicted molar refractivity (Wildman–Crippen MR) is 117 cm³/mol. The predicted octanol–water partition coefficient (Wildman–Crippen LogP) is 4.36. The van der Waals surface area contributed by atoms with Crippen LogP contribution in [0.3, 0.4) is 0 Å². The molecule has 0 radical (unpaired) electrons. The Morgan fingerprint density at radius 2 is 1.82 bits per heavy atom. The summed E-state index contributed by atoms with van der Waals surface area (Å²) in [5.74, 6) is -1.51. The maximum absolute atomic E-state index is 13.1. The fraction of sp³-hybridized carbons (Fsp3) is 0.478. The highest BCUT2D eigenvalue weighted by Gasteiger charge is 2.49. The molecule has 3 heterocycles. The van der Waals surface area contributed by atoms with Crippen LogP contribution in [-0.4, -0.2) is 65.5 Å². The first kappa shape index (κ1) is 23.6. The molecule has 1 amide bonds. The standard InChI is InChI=1S/C23H25ClF3N3O3/c1-14-13-30-17(20(31)23(25,26)27)5-7-19(30)22(28(14)2)8-10-29(11-9-22)21(32)15-4-6-18(33-3)16(24)12-15/h4-7,12,14H,8-11,13H2,1-3H3/t14-/m0/s1. The van der Waals surface area contributed by atoms with Gasteiger partial charge in [-0.2, -0.15) is 13.2 Å². The van der Waals surface area contributed by atoms with E-state index in [0.29, 0.717) is 54.5 Å². The summed E-state index contributed by atoms with van der Waals surface area (Å²) in [6, 6.07) is 7.70. The van der Waals surface area contributed by atoms with Crippen LogP contribution in [0.4, 0.5) is 13.2 Å². The van der Waals surface area contributed by atoms with Gasteiger partial charge in [0.05, 0.1) is 23.4 Å². The number of ketones is 1. The third-order valence-electron chi connectivity index (χ3n) is 7.01. The van der Waals surface area contributed by atoms with Crippen LogP contribution in [0.1, 0.15) is 46.3 Å². The summed E-state index contributed by atoms with van der Waals surface area (Å²) in [6.45, 7) is 3.08. The SMILES string of the molecule is COc1ccc(C(=O)N2CCC3(CC2)c2ccc(C(=O)C(F)(F)F)n2C[C@H](C)N3C)cc1Cl. The molecule has 0 unspecified atom stereocenters. The van der Waals surface area contributed by atoms with Crippen molar-refractivity contribution in [3.05, 3.63) is 52.3 Å². The number of carbonyl (C=O) groups excluding carboxylic acids is 2. The molecule has 1 atom stereocenters. The van der Waals surface area contributed by atoms with Gasteiger partial charge in [-0.25, -0.2) is 0 Å². The van der Waals surface area contributed by atoms with Gasteiger partial charge < -0.3 is 14.2 Å². The van der Waals surface area contributed by atoms with Crippen molar-refractivity contribution in [2.24, 2.45) is 0 Å². The number of aromatic nitrogens is 1. The number of hydrogen-bond acceptors (Lipinski definition) is 4. The fourth-order valence-corrected chi connectivity index (χ4v) is 5.33. The molecule has 1 saturated heterocycles. The van der Waals surface area contributed by atoms with Crippen LogP contribution in [0.25, 0.3) is 0 Å². The van der Waals surface area contributed by atoms with E-state index in [2.05, 4.69) is 4.90 Å². The number of piperidine rings is 1. The van der Waals surface area contributed by atoms with Crippen LogP contribution < -0.4 is 4.74 Å². The lowest BCUT2D eigenvalue weighted by atomic mass is 9.80. The van der Waals surface area contributed by atoms with Gasteiger partial charge in [0.25, 0.3) is 11.7 Å². The molecule has 0 aliphatic carbocycles. The van der Waals surface area contributed by atoms with Crippen LogP contribution in [0.2, 0.25) is 5.02 Å². The molecule has 2 aliphatic rings. The first-order valence-electron chi connectivity index (χ1n) is 10.7. The lowest BCUT2D eigenvalue weighted by Gasteiger charge is -2.53. The Labute approximate surface area is 194 Å². The molecule has 178 valence electrons. The van der Waals surface area contributed by atoms with E-state index in [9.17, 15) is 22.8 Å². The lowest BCUT2D eigenvalue weighted by Crippen LogP contribution is -2.59. The minimum Gasteiger partial charge on any atom is -0.495 e. The van der Waals surface area contributed by atoms with E-state index in [1.165, 1.54) is 17.7 Å². The van der Waals surface area contributed by atoms with Gasteiger partial charge in [-0.3, -0.25) is 14.5 Å². The fourth-order valence-electron chi connectivity index (χ4n) is 5.07. The molecular weight excluding hydrogens is 459 g/mol. The number of carbonyl (C=O) groups is 2. The molecule has 0 saturated carbocycles. The van der Waals surface area contributed by atoms with Crippen molar-refractivity contribution in [1.82, 2.24) is 14.4 Å². The third kappa shape index (κ3) is 3.91. The summed E-state index contributed by atoms with van der Waals surface area (Å²) in [7, 11) is 3.45. The van der Waals surface area contributed by atoms with Gasteiger partial charge in [-0.05, 0) is 57.1 Å². The molecule has 33 heavy (non-hydrogen) atoms. The quantitative estimate of drug-likeness (QED) is 0.609. The summed E-state index contributed by atoms with van der Waals surface area (Å²) in [5.41, 5.74) is 0.248. The first-order chi connectivity index (χ1) is 15.5. The Balaban J connectivity index is 1.60. The van der Waals surface area contributed by atoms with Crippen molar-refractivity contribution >= 4 is 23.3 Å². The van der Waals surface area contributed by atoms with Crippen LogP contribution >= 0.6 is 11.6 Å². The van der Waals surface area contributed by atoms with Crippen molar-refractivity contribution < 1.29 is 27.5 Å². The van der Waals surface area contributed by atoms with Crippen LogP contribution in [0, 0.1) is 0 Å². The summed E-state index contributed by atoms with van der Waals surface area (Å²) >= 11 is 6.17. The lowest BCUT2D eigenvalue weighted by molar-refractivity contribution is -0.0894. The highest BCUT2D eigenvalue weighted by atomic mass is 35.5. The molecule has 0 bridgehead atoms. The second kappa shape index (κ2) is 8.36. The monoisotopic (exact) mass is 483 g/mol. The van der Waals surface area contributed by atoms with Gasteiger partial charge in [-0.15, -0.1) is 0 Å². The Kier molecular flexibility index (Phi) is 5.99. The highest BCUT2D eigenvalue weighted by Crippen LogP contribution is 2.44. The van der Waals surface area contributed by atoms with E-state index < -0.39 is 17.5 Å². The number of ether oxygens (including phenoxy) is 1. The van der Waals surface area contributed by atoms with Gasteiger partial charge >= 0.3 is 6.18 Å². The van der Waals surface area contributed by atoms with Crippen LogP contribution in [0.5, 0.6) is 5.75 Å². The molecule has 1 fully saturated rings. The zero-order valence-electron chi connectivity index (χ0n) is 18.6. The minimum absolute atomic E-state index is 0.0765. The van der Waals surface area contributed by atoms with Crippen molar-refractivity contribution in [2.45, 2.75) is 44.1 Å². The number of hydrogen-bond donors (Lipinski definition) is 0. The van der Waals surface area contributed by atoms with E-state index in [1.54, 1.807) is 29.2 Å². The molecular formula is C23H25ClF3N3O3. The molecule has 1 aromatic heterocycles. The number of methoxy groups -OCH3 is 1. The van der Waals surface area contributed by atoms with Crippen molar-refractivity contribution in [3.63, 3.8) is 0 Å². The number of fused-ring (bicyclic) bond motifs is 2. The number of amides is 1. The normalized spacial score (nSPS) is 20.6. The van der Waals surface area contributed by atoms with Crippen LogP contribution in [-0.2, 0) is 12.1 Å². The molecule has 1 aromatic carbocycles. The first-order valence-corrected chi connectivity index (χ1v) is 11.0. The number of benzene rings is 1. The van der Waals surface area contributed by atoms with Gasteiger partial charge in [0.2, 0.25) is 0 Å². The zero-order chi connectivity index (χ0) is 24.1. The Hall–Kier alpha value is -2.52. The molecule has 10 heteroatoms. The minimum atomic E-state index is -4.93. The molecule has 2 aliphatic heterocycles. The largest absolute Gasteiger partial charge is 0.495 e. The smallest absolute Gasteiger partial charge is 0.456 e. The number of Topliss-reactive ketones (excluding diaryl/α,β-unsaturated/α-hetero) is 1. The number of likely N-dealkylation sites (tertiary alicyclic amines) is 1. The summed E-state index contributed by atoms with van der Waals surface area (Å²) < 4.78 is 46.0. The number of rotatable bonds is 3. The van der Waals surface area contributed by atoms with Gasteiger partial charge in [-0.1, -0.05) is 11.6 Å². The average Bonchev–Trinajstić information content (AvgIpc) is 3.20. The van der Waals surface area contributed by atoms with Crippen molar-refractivity contribution in [3.8, 4) is 5.75 Å². The second-order valence-corrected chi connectivity index (χ2v) is 9.08. The maximum Gasteiger partial charge on any atom is 0.456 e. The van der Waals surface area contributed by atoms with Gasteiger partial charge in [0.15, 0.2) is 0 Å². The zero-order valence-corrected chi connectivity index (χ0v) is 19.3. The van der Waals surface area contributed by atoms with E-state index >= 15 is 0 Å². The molecule has 4 rings (SSSR count). The number of nitrogens with zero attached hydrogens (tertiary/aromatic N) is 3. The number of halogens is 4. The van der Waals surface area contributed by atoms with Gasteiger partial charge in [0.1, 0.15) is 5.75 Å². The van der Waals surface area contributed by atoms with Crippen molar-refractivity contribution in [1.29, 1.82) is 0 Å². The Morgan fingerprint density at radius 3 is 2.39 bits per heavy atom. The number of alkyl halides is 3. The van der Waals surface area contributed by atoms with E-state index in [0.717, 1.165) is 0 Å². The van der Waals surface area contributed by atoms with Crippen molar-refractivity contribution in [2.75, 3.05) is 27.2 Å². The highest BCUT2D eigenvalue weighted by molar-refractivity contribution is 6.32. The summed E-state index contributed by atoms with van der Waals surface area (Å²) in [6.07, 6.45) is -3.86. The second-order valence-electron chi connectivity index (χ2n) is 8.67. The number of likely N-dealkylation sites (N-methyl/N-ethyl adjacent to an activating group) is 1. The van der Waals surface area contributed by atoms with Crippen LogP contribution in [0.15, 0.2) is 30.3 Å². The average molecular weight is 484 g/mol. The molecule has 0 N–H and O–H groups in total. The molecule has 2 aromatic rings. The summed E-state index contributed by atoms with van der Waals surface area (Å²) in [5, 5.41) is 0.345.